The van der Waals surface area contributed by atoms with Crippen molar-refractivity contribution in [2.24, 2.45) is 0 Å². The Balaban J connectivity index is 1.77. The molecular formula is C20H24ClN3O3S. The second-order valence-corrected chi connectivity index (χ2v) is 9.61. The largest absolute Gasteiger partial charge is 0.368 e. The molecule has 0 bridgehead atoms. The fourth-order valence-corrected chi connectivity index (χ4v) is 4.33. The Bertz CT molecular complexity index is 984. The fourth-order valence-electron chi connectivity index (χ4n) is 3.21. The number of anilines is 1. The molecular weight excluding hydrogens is 398 g/mol. The van der Waals surface area contributed by atoms with Gasteiger partial charge in [0, 0.05) is 56.5 Å². The third kappa shape index (κ3) is 4.16. The lowest BCUT2D eigenvalue weighted by molar-refractivity contribution is 0.0746. The van der Waals surface area contributed by atoms with Gasteiger partial charge >= 0.3 is 0 Å². The number of carbonyl (C=O) groups is 1. The first-order valence-corrected chi connectivity index (χ1v) is 10.8. The normalized spacial score (nSPS) is 15.2. The van der Waals surface area contributed by atoms with Crippen LogP contribution in [0.15, 0.2) is 47.4 Å². The van der Waals surface area contributed by atoms with Gasteiger partial charge < -0.3 is 9.80 Å². The molecule has 0 N–H and O–H groups in total. The van der Waals surface area contributed by atoms with Crippen LogP contribution in [0.3, 0.4) is 0 Å². The number of sulfonamides is 1. The molecule has 3 rings (SSSR count). The maximum Gasteiger partial charge on any atom is 0.254 e. The van der Waals surface area contributed by atoms with E-state index in [2.05, 4.69) is 4.90 Å². The smallest absolute Gasteiger partial charge is 0.254 e. The van der Waals surface area contributed by atoms with E-state index in [9.17, 15) is 13.2 Å². The summed E-state index contributed by atoms with van der Waals surface area (Å²) >= 11 is 6.07. The Morgan fingerprint density at radius 2 is 1.71 bits per heavy atom. The predicted octanol–water partition coefficient (Wildman–Crippen LogP) is 2.86. The van der Waals surface area contributed by atoms with Gasteiger partial charge in [0.1, 0.15) is 0 Å². The fraction of sp³-hybridized carbons (Fsp3) is 0.350. The van der Waals surface area contributed by atoms with Crippen LogP contribution in [0.2, 0.25) is 5.02 Å². The van der Waals surface area contributed by atoms with E-state index in [-0.39, 0.29) is 10.8 Å². The van der Waals surface area contributed by atoms with E-state index >= 15 is 0 Å². The minimum absolute atomic E-state index is 0.129. The van der Waals surface area contributed by atoms with E-state index in [1.54, 1.807) is 17.0 Å². The van der Waals surface area contributed by atoms with E-state index in [0.29, 0.717) is 36.8 Å². The van der Waals surface area contributed by atoms with Crippen molar-refractivity contribution in [2.75, 3.05) is 45.2 Å². The van der Waals surface area contributed by atoms with Gasteiger partial charge in [0.15, 0.2) is 0 Å². The SMILES string of the molecule is Cc1ccc(S(=O)(=O)N(C)C)cc1C(=O)N1CCN(c2cccc(Cl)c2)CC1. The topological polar surface area (TPSA) is 60.9 Å². The third-order valence-corrected chi connectivity index (χ3v) is 7.00. The molecule has 6 nitrogen and oxygen atoms in total. The van der Waals surface area contributed by atoms with Gasteiger partial charge in [-0.3, -0.25) is 4.79 Å². The minimum Gasteiger partial charge on any atom is -0.368 e. The number of rotatable bonds is 4. The lowest BCUT2D eigenvalue weighted by Gasteiger charge is -2.36. The highest BCUT2D eigenvalue weighted by Crippen LogP contribution is 2.23. The van der Waals surface area contributed by atoms with Gasteiger partial charge in [0.2, 0.25) is 10.0 Å². The molecule has 0 radical (unpaired) electrons. The number of amides is 1. The van der Waals surface area contributed by atoms with Crippen molar-refractivity contribution in [3.05, 3.63) is 58.6 Å². The number of hydrogen-bond acceptors (Lipinski definition) is 4. The summed E-state index contributed by atoms with van der Waals surface area (Å²) < 4.78 is 26.0. The van der Waals surface area contributed by atoms with Crippen LogP contribution in [-0.4, -0.2) is 63.8 Å². The molecule has 2 aromatic rings. The summed E-state index contributed by atoms with van der Waals surface area (Å²) in [6, 6.07) is 12.4. The van der Waals surface area contributed by atoms with Crippen LogP contribution >= 0.6 is 11.6 Å². The summed E-state index contributed by atoms with van der Waals surface area (Å²) in [7, 11) is -0.632. The van der Waals surface area contributed by atoms with Gasteiger partial charge in [0.05, 0.1) is 4.90 Å². The summed E-state index contributed by atoms with van der Waals surface area (Å²) in [6.07, 6.45) is 0. The minimum atomic E-state index is -3.59. The first-order chi connectivity index (χ1) is 13.2. The molecule has 1 fully saturated rings. The quantitative estimate of drug-likeness (QED) is 0.761. The summed E-state index contributed by atoms with van der Waals surface area (Å²) in [4.78, 5) is 17.1. The Morgan fingerprint density at radius 3 is 2.32 bits per heavy atom. The van der Waals surface area contributed by atoms with Crippen molar-refractivity contribution >= 4 is 33.2 Å². The van der Waals surface area contributed by atoms with Crippen LogP contribution in [0.25, 0.3) is 0 Å². The summed E-state index contributed by atoms with van der Waals surface area (Å²) in [5.74, 6) is -0.140. The number of carbonyl (C=O) groups excluding carboxylic acids is 1. The van der Waals surface area contributed by atoms with Crippen molar-refractivity contribution in [3.63, 3.8) is 0 Å². The zero-order chi connectivity index (χ0) is 20.5. The highest BCUT2D eigenvalue weighted by molar-refractivity contribution is 7.89. The molecule has 8 heteroatoms. The first kappa shape index (κ1) is 20.6. The second kappa shape index (κ2) is 8.11. The van der Waals surface area contributed by atoms with Gasteiger partial charge in [-0.25, -0.2) is 12.7 Å². The number of hydrogen-bond donors (Lipinski definition) is 0. The van der Waals surface area contributed by atoms with Crippen LogP contribution in [0.1, 0.15) is 15.9 Å². The van der Waals surface area contributed by atoms with Crippen LogP contribution in [-0.2, 0) is 10.0 Å². The van der Waals surface area contributed by atoms with Crippen molar-refractivity contribution < 1.29 is 13.2 Å². The van der Waals surface area contributed by atoms with Crippen LogP contribution in [0.5, 0.6) is 0 Å². The Labute approximate surface area is 171 Å². The maximum atomic E-state index is 13.0. The van der Waals surface area contributed by atoms with Gasteiger partial charge in [-0.05, 0) is 42.8 Å². The number of aryl methyl sites for hydroxylation is 1. The zero-order valence-corrected chi connectivity index (χ0v) is 17.8. The number of benzene rings is 2. The maximum absolute atomic E-state index is 13.0. The first-order valence-electron chi connectivity index (χ1n) is 9.03. The van der Waals surface area contributed by atoms with E-state index in [0.717, 1.165) is 15.6 Å². The standard InChI is InChI=1S/C20H24ClN3O3S/c1-15-7-8-18(28(26,27)22(2)3)14-19(15)20(25)24-11-9-23(10-12-24)17-6-4-5-16(21)13-17/h4-8,13-14H,9-12H2,1-3H3. The van der Waals surface area contributed by atoms with Gasteiger partial charge in [0.25, 0.3) is 5.91 Å². The molecule has 0 saturated carbocycles. The Kier molecular flexibility index (Phi) is 5.98. The number of halogens is 1. The van der Waals surface area contributed by atoms with E-state index in [4.69, 9.17) is 11.6 Å². The molecule has 1 heterocycles. The second-order valence-electron chi connectivity index (χ2n) is 7.02. The van der Waals surface area contributed by atoms with Crippen LogP contribution < -0.4 is 4.90 Å². The van der Waals surface area contributed by atoms with Crippen molar-refractivity contribution in [1.29, 1.82) is 0 Å². The zero-order valence-electron chi connectivity index (χ0n) is 16.2. The van der Waals surface area contributed by atoms with Crippen molar-refractivity contribution in [1.82, 2.24) is 9.21 Å². The van der Waals surface area contributed by atoms with Gasteiger partial charge in [-0.2, -0.15) is 0 Å². The lowest BCUT2D eigenvalue weighted by Crippen LogP contribution is -2.49. The molecule has 150 valence electrons. The van der Waals surface area contributed by atoms with Crippen molar-refractivity contribution in [3.8, 4) is 0 Å². The molecule has 1 saturated heterocycles. The molecule has 0 atom stereocenters. The molecule has 0 aliphatic carbocycles. The van der Waals surface area contributed by atoms with E-state index in [1.165, 1.54) is 20.2 Å². The molecule has 2 aromatic carbocycles. The molecule has 1 amide bonds. The third-order valence-electron chi connectivity index (χ3n) is 4.96. The molecule has 0 aromatic heterocycles. The highest BCUT2D eigenvalue weighted by Gasteiger charge is 2.25. The summed E-state index contributed by atoms with van der Waals surface area (Å²) in [5.41, 5.74) is 2.23. The van der Waals surface area contributed by atoms with Gasteiger partial charge in [-0.1, -0.05) is 23.7 Å². The van der Waals surface area contributed by atoms with Crippen LogP contribution in [0, 0.1) is 6.92 Å². The average Bonchev–Trinajstić information content (AvgIpc) is 2.67. The summed E-state index contributed by atoms with van der Waals surface area (Å²) in [6.45, 7) is 4.34. The predicted molar refractivity (Wildman–Crippen MR) is 112 cm³/mol. The van der Waals surface area contributed by atoms with Crippen molar-refractivity contribution in [2.45, 2.75) is 11.8 Å². The molecule has 28 heavy (non-hydrogen) atoms. The Hall–Kier alpha value is -2.09. The van der Waals surface area contributed by atoms with Gasteiger partial charge in [-0.15, -0.1) is 0 Å². The lowest BCUT2D eigenvalue weighted by atomic mass is 10.1. The molecule has 0 spiro atoms. The Morgan fingerprint density at radius 1 is 1.04 bits per heavy atom. The monoisotopic (exact) mass is 421 g/mol. The molecule has 1 aliphatic rings. The summed E-state index contributed by atoms with van der Waals surface area (Å²) in [5, 5.41) is 0.686. The molecule has 0 unspecified atom stereocenters. The van der Waals surface area contributed by atoms with E-state index in [1.807, 2.05) is 31.2 Å². The highest BCUT2D eigenvalue weighted by atomic mass is 35.5. The average molecular weight is 422 g/mol. The molecule has 1 aliphatic heterocycles. The van der Waals surface area contributed by atoms with E-state index < -0.39 is 10.0 Å². The number of piperazine rings is 1. The number of nitrogens with zero attached hydrogens (tertiary/aromatic N) is 3. The van der Waals surface area contributed by atoms with Crippen LogP contribution in [0.4, 0.5) is 5.69 Å².